The first-order valence-electron chi connectivity index (χ1n) is 8.27. The van der Waals surface area contributed by atoms with Crippen molar-refractivity contribution in [3.05, 3.63) is 22.4 Å². The first-order valence-corrected chi connectivity index (χ1v) is 9.15. The van der Waals surface area contributed by atoms with E-state index in [9.17, 15) is 9.90 Å². The van der Waals surface area contributed by atoms with Gasteiger partial charge < -0.3 is 10.0 Å². The zero-order valence-electron chi connectivity index (χ0n) is 13.3. The lowest BCUT2D eigenvalue weighted by Crippen LogP contribution is -2.48. The molecule has 0 radical (unpaired) electrons. The summed E-state index contributed by atoms with van der Waals surface area (Å²) >= 11 is 1.75. The van der Waals surface area contributed by atoms with Gasteiger partial charge in [0.25, 0.3) is 0 Å². The van der Waals surface area contributed by atoms with Crippen LogP contribution in [0.25, 0.3) is 0 Å². The monoisotopic (exact) mass is 322 g/mol. The van der Waals surface area contributed by atoms with Gasteiger partial charge in [-0.2, -0.15) is 0 Å². The van der Waals surface area contributed by atoms with Crippen molar-refractivity contribution in [2.75, 3.05) is 32.8 Å². The fourth-order valence-corrected chi connectivity index (χ4v) is 4.69. The average molecular weight is 322 g/mol. The van der Waals surface area contributed by atoms with Crippen LogP contribution >= 0.6 is 11.3 Å². The summed E-state index contributed by atoms with van der Waals surface area (Å²) in [6.07, 6.45) is 4.30. The van der Waals surface area contributed by atoms with Crippen molar-refractivity contribution >= 4 is 17.2 Å². The van der Waals surface area contributed by atoms with Crippen molar-refractivity contribution in [3.8, 4) is 0 Å². The lowest BCUT2D eigenvalue weighted by molar-refractivity contribution is -0.134. The molecule has 2 aliphatic heterocycles. The van der Waals surface area contributed by atoms with Crippen LogP contribution in [0.4, 0.5) is 0 Å². The molecule has 1 N–H and O–H groups in total. The molecule has 1 aromatic heterocycles. The van der Waals surface area contributed by atoms with Crippen molar-refractivity contribution in [3.63, 3.8) is 0 Å². The summed E-state index contributed by atoms with van der Waals surface area (Å²) in [6, 6.07) is 4.49. The molecule has 2 saturated heterocycles. The molecule has 122 valence electrons. The van der Waals surface area contributed by atoms with Crippen molar-refractivity contribution in [1.29, 1.82) is 0 Å². The molecule has 0 bridgehead atoms. The Morgan fingerprint density at radius 3 is 3.05 bits per heavy atom. The normalized spacial score (nSPS) is 29.9. The van der Waals surface area contributed by atoms with Gasteiger partial charge in [-0.25, -0.2) is 0 Å². The first-order chi connectivity index (χ1) is 10.6. The number of aliphatic hydroxyl groups is 1. The summed E-state index contributed by atoms with van der Waals surface area (Å²) in [6.45, 7) is 5.50. The van der Waals surface area contributed by atoms with Gasteiger partial charge in [-0.15, -0.1) is 11.3 Å². The number of piperidine rings is 1. The summed E-state index contributed by atoms with van der Waals surface area (Å²) in [5.41, 5.74) is -0.0449. The summed E-state index contributed by atoms with van der Waals surface area (Å²) in [4.78, 5) is 18.3. The third-order valence-electron chi connectivity index (χ3n) is 5.05. The minimum Gasteiger partial charge on any atom is -0.396 e. The number of likely N-dealkylation sites (tertiary alicyclic amines) is 2. The Balaban J connectivity index is 1.62. The Morgan fingerprint density at radius 1 is 1.45 bits per heavy atom. The second-order valence-electron chi connectivity index (χ2n) is 7.04. The van der Waals surface area contributed by atoms with Crippen LogP contribution in [0.5, 0.6) is 0 Å². The van der Waals surface area contributed by atoms with E-state index < -0.39 is 0 Å². The number of thiophene rings is 1. The topological polar surface area (TPSA) is 43.8 Å². The average Bonchev–Trinajstić information content (AvgIpc) is 3.18. The van der Waals surface area contributed by atoms with Gasteiger partial charge in [-0.05, 0) is 43.7 Å². The van der Waals surface area contributed by atoms with Gasteiger partial charge in [0.1, 0.15) is 0 Å². The number of carbonyl (C=O) groups is 1. The van der Waals surface area contributed by atoms with Crippen LogP contribution in [0, 0.1) is 5.41 Å². The van der Waals surface area contributed by atoms with Crippen LogP contribution in [0.3, 0.4) is 0 Å². The zero-order chi connectivity index (χ0) is 15.6. The quantitative estimate of drug-likeness (QED) is 0.926. The van der Waals surface area contributed by atoms with Gasteiger partial charge in [0.05, 0.1) is 12.6 Å². The van der Waals surface area contributed by atoms with Crippen LogP contribution in [0.2, 0.25) is 0 Å². The van der Waals surface area contributed by atoms with Crippen LogP contribution in [0.1, 0.15) is 43.5 Å². The summed E-state index contributed by atoms with van der Waals surface area (Å²) in [5, 5.41) is 11.7. The maximum absolute atomic E-state index is 12.7. The highest BCUT2D eigenvalue weighted by molar-refractivity contribution is 7.10. The molecule has 2 aliphatic rings. The Morgan fingerprint density at radius 2 is 2.32 bits per heavy atom. The van der Waals surface area contributed by atoms with E-state index in [2.05, 4.69) is 34.2 Å². The number of aliphatic hydroxyl groups excluding tert-OH is 1. The third-order valence-corrected chi connectivity index (χ3v) is 6.02. The van der Waals surface area contributed by atoms with Gasteiger partial charge in [0.15, 0.2) is 0 Å². The second kappa shape index (κ2) is 6.69. The highest BCUT2D eigenvalue weighted by Crippen LogP contribution is 2.35. The lowest BCUT2D eigenvalue weighted by atomic mass is 9.83. The predicted octanol–water partition coefficient (Wildman–Crippen LogP) is 2.51. The standard InChI is InChI=1S/C17H26N2O2S/c1-17(13-20)7-4-8-18(12-17)11-16(21)19-9-2-5-14(19)15-6-3-10-22-15/h3,6,10,14,20H,2,4-5,7-9,11-13H2,1H3. The SMILES string of the molecule is CC1(CO)CCCN(CC(=O)N2CCCC2c2cccs2)C1. The van der Waals surface area contributed by atoms with E-state index in [0.29, 0.717) is 6.54 Å². The van der Waals surface area contributed by atoms with E-state index >= 15 is 0 Å². The summed E-state index contributed by atoms with van der Waals surface area (Å²) in [7, 11) is 0. The molecule has 22 heavy (non-hydrogen) atoms. The van der Waals surface area contributed by atoms with Crippen LogP contribution in [0.15, 0.2) is 17.5 Å². The summed E-state index contributed by atoms with van der Waals surface area (Å²) < 4.78 is 0. The first kappa shape index (κ1) is 16.0. The minimum absolute atomic E-state index is 0.0449. The molecule has 1 amide bonds. The molecular weight excluding hydrogens is 296 g/mol. The van der Waals surface area contributed by atoms with E-state index in [1.54, 1.807) is 11.3 Å². The maximum Gasteiger partial charge on any atom is 0.237 e. The van der Waals surface area contributed by atoms with Gasteiger partial charge >= 0.3 is 0 Å². The molecule has 2 atom stereocenters. The van der Waals surface area contributed by atoms with E-state index in [1.807, 2.05) is 0 Å². The predicted molar refractivity (Wildman–Crippen MR) is 88.9 cm³/mol. The van der Waals surface area contributed by atoms with Gasteiger partial charge in [-0.1, -0.05) is 13.0 Å². The molecule has 3 rings (SSSR count). The van der Waals surface area contributed by atoms with Crippen molar-refractivity contribution in [2.24, 2.45) is 5.41 Å². The Labute approximate surface area is 136 Å². The molecule has 2 fully saturated rings. The Kier molecular flexibility index (Phi) is 4.85. The second-order valence-corrected chi connectivity index (χ2v) is 8.02. The van der Waals surface area contributed by atoms with E-state index in [4.69, 9.17) is 0 Å². The number of nitrogens with zero attached hydrogens (tertiary/aromatic N) is 2. The Bertz CT molecular complexity index is 505. The van der Waals surface area contributed by atoms with Crippen LogP contribution in [-0.2, 0) is 4.79 Å². The van der Waals surface area contributed by atoms with Crippen LogP contribution in [-0.4, -0.2) is 53.6 Å². The lowest BCUT2D eigenvalue weighted by Gasteiger charge is -2.39. The fraction of sp³-hybridized carbons (Fsp3) is 0.706. The molecular formula is C17H26N2O2S. The minimum atomic E-state index is -0.0449. The number of amides is 1. The smallest absolute Gasteiger partial charge is 0.237 e. The number of hydrogen-bond acceptors (Lipinski definition) is 4. The van der Waals surface area contributed by atoms with Crippen LogP contribution < -0.4 is 0 Å². The molecule has 0 aliphatic carbocycles. The van der Waals surface area contributed by atoms with Gasteiger partial charge in [0.2, 0.25) is 5.91 Å². The third kappa shape index (κ3) is 3.36. The maximum atomic E-state index is 12.7. The molecule has 0 spiro atoms. The summed E-state index contributed by atoms with van der Waals surface area (Å²) in [5.74, 6) is 0.248. The van der Waals surface area contributed by atoms with Gasteiger partial charge in [-0.3, -0.25) is 9.69 Å². The molecule has 1 aromatic rings. The zero-order valence-corrected chi connectivity index (χ0v) is 14.1. The molecule has 4 nitrogen and oxygen atoms in total. The van der Waals surface area contributed by atoms with Crippen molar-refractivity contribution in [2.45, 2.75) is 38.6 Å². The largest absolute Gasteiger partial charge is 0.396 e. The molecule has 0 saturated carbocycles. The molecule has 5 heteroatoms. The van der Waals surface area contributed by atoms with E-state index in [-0.39, 0.29) is 24.0 Å². The van der Waals surface area contributed by atoms with E-state index in [1.165, 1.54) is 4.88 Å². The van der Waals surface area contributed by atoms with E-state index in [0.717, 1.165) is 45.3 Å². The Hall–Kier alpha value is -0.910. The molecule has 3 heterocycles. The van der Waals surface area contributed by atoms with Crippen molar-refractivity contribution < 1.29 is 9.90 Å². The fourth-order valence-electron chi connectivity index (χ4n) is 3.82. The van der Waals surface area contributed by atoms with Gasteiger partial charge in [0, 0.05) is 30.0 Å². The molecule has 0 aromatic carbocycles. The highest BCUT2D eigenvalue weighted by Gasteiger charge is 2.34. The van der Waals surface area contributed by atoms with Crippen molar-refractivity contribution in [1.82, 2.24) is 9.80 Å². The highest BCUT2D eigenvalue weighted by atomic mass is 32.1. The molecule has 2 unspecified atom stereocenters. The number of carbonyl (C=O) groups excluding carboxylic acids is 1. The number of rotatable bonds is 4. The number of hydrogen-bond donors (Lipinski definition) is 1.